The molecule has 1 aromatic heterocycles. The molecule has 0 aliphatic heterocycles. The van der Waals surface area contributed by atoms with Gasteiger partial charge in [0.15, 0.2) is 0 Å². The van der Waals surface area contributed by atoms with Gasteiger partial charge >= 0.3 is 0 Å². The van der Waals surface area contributed by atoms with Crippen molar-refractivity contribution >= 4 is 0 Å². The van der Waals surface area contributed by atoms with Gasteiger partial charge in [-0.2, -0.15) is 10.4 Å². The minimum absolute atomic E-state index is 0.383. The zero-order valence-electron chi connectivity index (χ0n) is 7.33. The van der Waals surface area contributed by atoms with Crippen LogP contribution in [0.2, 0.25) is 0 Å². The number of nitrogens with zero attached hydrogens (tertiary/aromatic N) is 3. The van der Waals surface area contributed by atoms with Gasteiger partial charge in [-0.05, 0) is 6.92 Å². The fraction of sp³-hybridized carbons (Fsp3) is 0.500. The first-order chi connectivity index (χ1) is 5.74. The van der Waals surface area contributed by atoms with Gasteiger partial charge < -0.3 is 5.32 Å². The Bertz CT molecular complexity index is 294. The highest BCUT2D eigenvalue weighted by atomic mass is 15.2. The van der Waals surface area contributed by atoms with Gasteiger partial charge in [-0.15, -0.1) is 0 Å². The Balaban J connectivity index is 2.52. The van der Waals surface area contributed by atoms with E-state index in [1.54, 1.807) is 4.68 Å². The van der Waals surface area contributed by atoms with Crippen molar-refractivity contribution < 1.29 is 0 Å². The second-order valence-electron chi connectivity index (χ2n) is 2.68. The van der Waals surface area contributed by atoms with Crippen molar-refractivity contribution in [1.82, 2.24) is 15.1 Å². The van der Waals surface area contributed by atoms with E-state index in [0.717, 1.165) is 11.3 Å². The Morgan fingerprint density at radius 2 is 2.50 bits per heavy atom. The molecule has 4 nitrogen and oxygen atoms in total. The first-order valence-electron chi connectivity index (χ1n) is 3.81. The zero-order valence-corrected chi connectivity index (χ0v) is 7.33. The van der Waals surface area contributed by atoms with Crippen molar-refractivity contribution in [3.05, 3.63) is 17.5 Å². The number of aryl methyl sites for hydroxylation is 2. The molecule has 0 fully saturated rings. The Hall–Kier alpha value is -1.34. The molecular weight excluding hydrogens is 152 g/mol. The van der Waals surface area contributed by atoms with Crippen LogP contribution in [0.4, 0.5) is 0 Å². The highest BCUT2D eigenvalue weighted by Crippen LogP contribution is 2.02. The Morgan fingerprint density at radius 1 is 1.75 bits per heavy atom. The third-order valence-corrected chi connectivity index (χ3v) is 1.63. The number of nitriles is 1. The van der Waals surface area contributed by atoms with E-state index in [0.29, 0.717) is 13.1 Å². The average Bonchev–Trinajstić information content (AvgIpc) is 2.31. The van der Waals surface area contributed by atoms with E-state index in [4.69, 9.17) is 5.26 Å². The van der Waals surface area contributed by atoms with E-state index >= 15 is 0 Å². The van der Waals surface area contributed by atoms with Crippen LogP contribution in [0.3, 0.4) is 0 Å². The molecule has 64 valence electrons. The third-order valence-electron chi connectivity index (χ3n) is 1.63. The summed E-state index contributed by atoms with van der Waals surface area (Å²) in [5.41, 5.74) is 2.16. The maximum Gasteiger partial charge on any atom is 0.0843 e. The van der Waals surface area contributed by atoms with E-state index in [9.17, 15) is 0 Å². The lowest BCUT2D eigenvalue weighted by molar-refractivity contribution is 0.752. The lowest BCUT2D eigenvalue weighted by Crippen LogP contribution is -2.13. The summed E-state index contributed by atoms with van der Waals surface area (Å²) >= 11 is 0. The molecule has 0 saturated carbocycles. The molecule has 0 atom stereocenters. The van der Waals surface area contributed by atoms with Gasteiger partial charge in [0.2, 0.25) is 0 Å². The normalized spacial score (nSPS) is 9.75. The standard InChI is InChI=1S/C8H12N4/c1-7-8(5-10-4-3-9)6-12(2)11-7/h6,10H,4-5H2,1-2H3. The molecular formula is C8H12N4. The van der Waals surface area contributed by atoms with Gasteiger partial charge in [-0.3, -0.25) is 4.68 Å². The first kappa shape index (κ1) is 8.75. The van der Waals surface area contributed by atoms with E-state index in [1.165, 1.54) is 0 Å². The topological polar surface area (TPSA) is 53.6 Å². The van der Waals surface area contributed by atoms with E-state index in [2.05, 4.69) is 10.4 Å². The lowest BCUT2D eigenvalue weighted by atomic mass is 10.3. The summed E-state index contributed by atoms with van der Waals surface area (Å²) in [4.78, 5) is 0. The van der Waals surface area contributed by atoms with Gasteiger partial charge in [-0.25, -0.2) is 0 Å². The van der Waals surface area contributed by atoms with Gasteiger partial charge in [0.25, 0.3) is 0 Å². The summed E-state index contributed by atoms with van der Waals surface area (Å²) in [6, 6.07) is 2.03. The summed E-state index contributed by atoms with van der Waals surface area (Å²) < 4.78 is 1.78. The molecule has 4 heteroatoms. The van der Waals surface area contributed by atoms with Crippen molar-refractivity contribution in [2.45, 2.75) is 13.5 Å². The van der Waals surface area contributed by atoms with Crippen LogP contribution in [0.5, 0.6) is 0 Å². The van der Waals surface area contributed by atoms with Crippen LogP contribution in [0.25, 0.3) is 0 Å². The van der Waals surface area contributed by atoms with Crippen LogP contribution in [-0.4, -0.2) is 16.3 Å². The Labute approximate surface area is 71.8 Å². The molecule has 0 unspecified atom stereocenters. The second-order valence-corrected chi connectivity index (χ2v) is 2.68. The number of aromatic nitrogens is 2. The molecule has 0 bridgehead atoms. The number of hydrogen-bond acceptors (Lipinski definition) is 3. The SMILES string of the molecule is Cc1nn(C)cc1CNCC#N. The van der Waals surface area contributed by atoms with Crippen LogP contribution >= 0.6 is 0 Å². The number of hydrogen-bond donors (Lipinski definition) is 1. The second kappa shape index (κ2) is 3.88. The number of rotatable bonds is 3. The smallest absolute Gasteiger partial charge is 0.0843 e. The van der Waals surface area contributed by atoms with E-state index in [1.807, 2.05) is 26.2 Å². The molecule has 1 rings (SSSR count). The summed E-state index contributed by atoms with van der Waals surface area (Å²) in [6.45, 7) is 3.06. The zero-order chi connectivity index (χ0) is 8.97. The fourth-order valence-corrected chi connectivity index (χ4v) is 1.08. The number of nitrogens with one attached hydrogen (secondary N) is 1. The molecule has 0 amide bonds. The predicted molar refractivity (Wildman–Crippen MR) is 45.3 cm³/mol. The van der Waals surface area contributed by atoms with Crippen molar-refractivity contribution in [2.24, 2.45) is 7.05 Å². The summed E-state index contributed by atoms with van der Waals surface area (Å²) in [7, 11) is 1.89. The summed E-state index contributed by atoms with van der Waals surface area (Å²) in [5.74, 6) is 0. The van der Waals surface area contributed by atoms with E-state index < -0.39 is 0 Å². The first-order valence-corrected chi connectivity index (χ1v) is 3.81. The molecule has 0 aliphatic rings. The molecule has 0 saturated heterocycles. The van der Waals surface area contributed by atoms with Crippen molar-refractivity contribution in [1.29, 1.82) is 5.26 Å². The quantitative estimate of drug-likeness (QED) is 0.517. The van der Waals surface area contributed by atoms with E-state index in [-0.39, 0.29) is 0 Å². The van der Waals surface area contributed by atoms with Crippen LogP contribution in [0.1, 0.15) is 11.3 Å². The largest absolute Gasteiger partial charge is 0.300 e. The average molecular weight is 164 g/mol. The molecule has 12 heavy (non-hydrogen) atoms. The summed E-state index contributed by atoms with van der Waals surface area (Å²) in [5, 5.41) is 15.5. The summed E-state index contributed by atoms with van der Waals surface area (Å²) in [6.07, 6.45) is 1.96. The van der Waals surface area contributed by atoms with Crippen molar-refractivity contribution in [3.8, 4) is 6.07 Å². The Morgan fingerprint density at radius 3 is 3.00 bits per heavy atom. The minimum atomic E-state index is 0.383. The Kier molecular flexibility index (Phi) is 2.83. The van der Waals surface area contributed by atoms with Crippen LogP contribution in [-0.2, 0) is 13.6 Å². The van der Waals surface area contributed by atoms with Gasteiger partial charge in [0, 0.05) is 25.4 Å². The van der Waals surface area contributed by atoms with Gasteiger partial charge in [-0.1, -0.05) is 0 Å². The lowest BCUT2D eigenvalue weighted by Gasteiger charge is -1.96. The highest BCUT2D eigenvalue weighted by Gasteiger charge is 2.00. The van der Waals surface area contributed by atoms with Crippen molar-refractivity contribution in [3.63, 3.8) is 0 Å². The minimum Gasteiger partial charge on any atom is -0.300 e. The predicted octanol–water partition coefficient (Wildman–Crippen LogP) is 0.342. The molecule has 0 aliphatic carbocycles. The molecule has 0 radical (unpaired) electrons. The molecule has 1 aromatic rings. The molecule has 0 spiro atoms. The maximum absolute atomic E-state index is 8.29. The van der Waals surface area contributed by atoms with Crippen LogP contribution in [0.15, 0.2) is 6.20 Å². The van der Waals surface area contributed by atoms with Crippen LogP contribution in [0, 0.1) is 18.3 Å². The monoisotopic (exact) mass is 164 g/mol. The maximum atomic E-state index is 8.29. The van der Waals surface area contributed by atoms with Gasteiger partial charge in [0.05, 0.1) is 18.3 Å². The molecule has 1 N–H and O–H groups in total. The van der Waals surface area contributed by atoms with Gasteiger partial charge in [0.1, 0.15) is 0 Å². The molecule has 0 aromatic carbocycles. The third kappa shape index (κ3) is 2.07. The van der Waals surface area contributed by atoms with Crippen molar-refractivity contribution in [2.75, 3.05) is 6.54 Å². The fourth-order valence-electron chi connectivity index (χ4n) is 1.08. The molecule has 1 heterocycles. The highest BCUT2D eigenvalue weighted by molar-refractivity contribution is 5.14. The van der Waals surface area contributed by atoms with Crippen LogP contribution < -0.4 is 5.32 Å².